The second kappa shape index (κ2) is 5.76. The Labute approximate surface area is 123 Å². The lowest BCUT2D eigenvalue weighted by molar-refractivity contribution is -0.123. The fraction of sp³-hybridized carbons (Fsp3) is 0.417. The average Bonchev–Trinajstić information content (AvgIpc) is 3.16. The lowest BCUT2D eigenvalue weighted by Gasteiger charge is -2.08. The molecule has 3 heterocycles. The maximum atomic E-state index is 11.8. The molecular formula is C12H13BrN4O3. The van der Waals surface area contributed by atoms with E-state index in [0.29, 0.717) is 22.1 Å². The Bertz CT molecular complexity index is 603. The van der Waals surface area contributed by atoms with Crippen LogP contribution in [0.1, 0.15) is 18.7 Å². The maximum absolute atomic E-state index is 11.8. The third kappa shape index (κ3) is 2.91. The fourth-order valence-corrected chi connectivity index (χ4v) is 2.36. The van der Waals surface area contributed by atoms with Crippen LogP contribution in [0, 0.1) is 0 Å². The summed E-state index contributed by atoms with van der Waals surface area (Å²) < 4.78 is 11.0. The third-order valence-corrected chi connectivity index (χ3v) is 3.48. The largest absolute Gasteiger partial charge is 0.446 e. The predicted molar refractivity (Wildman–Crippen MR) is 72.6 cm³/mol. The van der Waals surface area contributed by atoms with Crippen LogP contribution in [0.2, 0.25) is 0 Å². The van der Waals surface area contributed by atoms with E-state index in [1.54, 1.807) is 12.1 Å². The number of hydrogen-bond donors (Lipinski definition) is 2. The standard InChI is InChI=1S/C12H13BrN4O3/c13-9-4-3-8(19-9)11-16-10(20-17-11)6-15-12(18)7-2-1-5-14-7/h3-4,7,14H,1-2,5-6H2,(H,15,18). The quantitative estimate of drug-likeness (QED) is 0.875. The van der Waals surface area contributed by atoms with Gasteiger partial charge in [-0.25, -0.2) is 0 Å². The Kier molecular flexibility index (Phi) is 3.83. The van der Waals surface area contributed by atoms with Crippen molar-refractivity contribution in [1.82, 2.24) is 20.8 Å². The molecule has 1 aliphatic heterocycles. The molecule has 106 valence electrons. The van der Waals surface area contributed by atoms with Crippen molar-refractivity contribution >= 4 is 21.8 Å². The van der Waals surface area contributed by atoms with Gasteiger partial charge in [-0.05, 0) is 47.4 Å². The highest BCUT2D eigenvalue weighted by molar-refractivity contribution is 9.10. The highest BCUT2D eigenvalue weighted by Crippen LogP contribution is 2.22. The van der Waals surface area contributed by atoms with Gasteiger partial charge in [-0.1, -0.05) is 5.16 Å². The predicted octanol–water partition coefficient (Wildman–Crippen LogP) is 1.46. The molecule has 7 nitrogen and oxygen atoms in total. The molecule has 2 aromatic heterocycles. The van der Waals surface area contributed by atoms with Crippen molar-refractivity contribution in [2.75, 3.05) is 6.54 Å². The fourth-order valence-electron chi connectivity index (χ4n) is 2.06. The number of halogens is 1. The number of aromatic nitrogens is 2. The molecule has 3 rings (SSSR count). The van der Waals surface area contributed by atoms with Crippen molar-refractivity contribution < 1.29 is 13.7 Å². The number of rotatable bonds is 4. The molecule has 0 bridgehead atoms. The molecule has 0 aromatic carbocycles. The van der Waals surface area contributed by atoms with Crippen LogP contribution in [-0.2, 0) is 11.3 Å². The first-order chi connectivity index (χ1) is 9.72. The summed E-state index contributed by atoms with van der Waals surface area (Å²) in [6, 6.07) is 3.37. The molecule has 20 heavy (non-hydrogen) atoms. The zero-order valence-electron chi connectivity index (χ0n) is 10.6. The normalized spacial score (nSPS) is 18.4. The molecule has 1 aliphatic rings. The number of amides is 1. The van der Waals surface area contributed by atoms with E-state index in [0.717, 1.165) is 19.4 Å². The molecule has 1 unspecified atom stereocenters. The molecule has 0 aliphatic carbocycles. The monoisotopic (exact) mass is 340 g/mol. The molecule has 8 heteroatoms. The maximum Gasteiger partial charge on any atom is 0.246 e. The van der Waals surface area contributed by atoms with Crippen LogP contribution < -0.4 is 10.6 Å². The Balaban J connectivity index is 1.58. The van der Waals surface area contributed by atoms with Crippen molar-refractivity contribution in [3.63, 3.8) is 0 Å². The van der Waals surface area contributed by atoms with Gasteiger partial charge in [0.2, 0.25) is 17.6 Å². The Morgan fingerprint density at radius 3 is 3.15 bits per heavy atom. The van der Waals surface area contributed by atoms with Crippen LogP contribution in [0.25, 0.3) is 11.6 Å². The molecule has 2 aromatic rings. The highest BCUT2D eigenvalue weighted by Gasteiger charge is 2.22. The summed E-state index contributed by atoms with van der Waals surface area (Å²) in [6.45, 7) is 1.10. The van der Waals surface area contributed by atoms with Gasteiger partial charge in [0.05, 0.1) is 12.6 Å². The molecular weight excluding hydrogens is 328 g/mol. The van der Waals surface area contributed by atoms with E-state index >= 15 is 0 Å². The van der Waals surface area contributed by atoms with Gasteiger partial charge in [0.15, 0.2) is 10.4 Å². The van der Waals surface area contributed by atoms with E-state index in [4.69, 9.17) is 8.94 Å². The minimum Gasteiger partial charge on any atom is -0.446 e. The topological polar surface area (TPSA) is 93.2 Å². The van der Waals surface area contributed by atoms with E-state index in [1.807, 2.05) is 0 Å². The average molecular weight is 341 g/mol. The highest BCUT2D eigenvalue weighted by atomic mass is 79.9. The molecule has 2 N–H and O–H groups in total. The van der Waals surface area contributed by atoms with Gasteiger partial charge in [0.1, 0.15) is 0 Å². The van der Waals surface area contributed by atoms with Gasteiger partial charge in [-0.15, -0.1) is 0 Å². The number of furan rings is 1. The van der Waals surface area contributed by atoms with Gasteiger partial charge in [0, 0.05) is 0 Å². The minimum atomic E-state index is -0.113. The van der Waals surface area contributed by atoms with Crippen LogP contribution in [0.5, 0.6) is 0 Å². The molecule has 1 fully saturated rings. The van der Waals surface area contributed by atoms with Crippen LogP contribution in [0.3, 0.4) is 0 Å². The van der Waals surface area contributed by atoms with E-state index in [1.165, 1.54) is 0 Å². The number of hydrogen-bond acceptors (Lipinski definition) is 6. The summed E-state index contributed by atoms with van der Waals surface area (Å²) >= 11 is 3.21. The first-order valence-electron chi connectivity index (χ1n) is 6.32. The third-order valence-electron chi connectivity index (χ3n) is 3.05. The van der Waals surface area contributed by atoms with Crippen LogP contribution in [0.4, 0.5) is 0 Å². The number of carbonyl (C=O) groups excluding carboxylic acids is 1. The van der Waals surface area contributed by atoms with Gasteiger partial charge in [-0.3, -0.25) is 4.79 Å². The van der Waals surface area contributed by atoms with Crippen molar-refractivity contribution in [1.29, 1.82) is 0 Å². The lowest BCUT2D eigenvalue weighted by Crippen LogP contribution is -2.40. The molecule has 0 saturated carbocycles. The van der Waals surface area contributed by atoms with Crippen molar-refractivity contribution in [3.05, 3.63) is 22.7 Å². The van der Waals surface area contributed by atoms with Crippen LogP contribution >= 0.6 is 15.9 Å². The Morgan fingerprint density at radius 1 is 1.55 bits per heavy atom. The molecule has 1 saturated heterocycles. The smallest absolute Gasteiger partial charge is 0.246 e. The first kappa shape index (κ1) is 13.3. The summed E-state index contributed by atoms with van der Waals surface area (Å²) in [5.41, 5.74) is 0. The Morgan fingerprint density at radius 2 is 2.45 bits per heavy atom. The number of nitrogens with one attached hydrogen (secondary N) is 2. The minimum absolute atomic E-state index is 0.0389. The summed E-state index contributed by atoms with van der Waals surface area (Å²) in [5, 5.41) is 9.71. The molecule has 0 radical (unpaired) electrons. The van der Waals surface area contributed by atoms with Crippen molar-refractivity contribution in [2.45, 2.75) is 25.4 Å². The molecule has 1 amide bonds. The summed E-state index contributed by atoms with van der Waals surface area (Å²) in [5.74, 6) is 1.18. The van der Waals surface area contributed by atoms with Gasteiger partial charge in [0.25, 0.3) is 0 Å². The van der Waals surface area contributed by atoms with E-state index in [-0.39, 0.29) is 18.5 Å². The first-order valence-corrected chi connectivity index (χ1v) is 7.11. The van der Waals surface area contributed by atoms with Gasteiger partial charge < -0.3 is 19.6 Å². The van der Waals surface area contributed by atoms with Crippen LogP contribution in [-0.4, -0.2) is 28.6 Å². The Hall–Kier alpha value is -1.67. The molecule has 1 atom stereocenters. The number of carbonyl (C=O) groups is 1. The van der Waals surface area contributed by atoms with Crippen molar-refractivity contribution in [2.24, 2.45) is 0 Å². The molecule has 0 spiro atoms. The zero-order valence-corrected chi connectivity index (χ0v) is 12.1. The summed E-state index contributed by atoms with van der Waals surface area (Å²) in [7, 11) is 0. The number of nitrogens with zero attached hydrogens (tertiary/aromatic N) is 2. The summed E-state index contributed by atoms with van der Waals surface area (Å²) in [4.78, 5) is 16.0. The SMILES string of the molecule is O=C(NCc1nc(-c2ccc(Br)o2)no1)C1CCCN1. The zero-order chi connectivity index (χ0) is 13.9. The van der Waals surface area contributed by atoms with Gasteiger partial charge in [-0.2, -0.15) is 4.98 Å². The van der Waals surface area contributed by atoms with E-state index in [2.05, 4.69) is 36.7 Å². The van der Waals surface area contributed by atoms with Crippen molar-refractivity contribution in [3.8, 4) is 11.6 Å². The van der Waals surface area contributed by atoms with E-state index in [9.17, 15) is 4.79 Å². The van der Waals surface area contributed by atoms with Gasteiger partial charge >= 0.3 is 0 Å². The van der Waals surface area contributed by atoms with Crippen LogP contribution in [0.15, 0.2) is 25.7 Å². The second-order valence-electron chi connectivity index (χ2n) is 4.48. The van der Waals surface area contributed by atoms with E-state index < -0.39 is 0 Å². The summed E-state index contributed by atoms with van der Waals surface area (Å²) in [6.07, 6.45) is 1.89. The lowest BCUT2D eigenvalue weighted by atomic mass is 10.2. The second-order valence-corrected chi connectivity index (χ2v) is 5.26.